The van der Waals surface area contributed by atoms with Crippen molar-refractivity contribution in [2.75, 3.05) is 6.54 Å². The Morgan fingerprint density at radius 1 is 1.40 bits per heavy atom. The minimum absolute atomic E-state index is 0.0342. The lowest BCUT2D eigenvalue weighted by atomic mass is 10.1. The van der Waals surface area contributed by atoms with Crippen molar-refractivity contribution in [3.05, 3.63) is 47.5 Å². The highest BCUT2D eigenvalue weighted by molar-refractivity contribution is 6.30. The summed E-state index contributed by atoms with van der Waals surface area (Å²) in [6.45, 7) is 2.52. The predicted molar refractivity (Wildman–Crippen MR) is 77.5 cm³/mol. The fourth-order valence-electron chi connectivity index (χ4n) is 1.80. The van der Waals surface area contributed by atoms with Crippen molar-refractivity contribution < 1.29 is 4.79 Å². The van der Waals surface area contributed by atoms with Gasteiger partial charge in [-0.05, 0) is 31.0 Å². The monoisotopic (exact) mass is 292 g/mol. The number of nitrogens with zero attached hydrogens (tertiary/aromatic N) is 3. The standard InChI is InChI=1S/C14H17ClN4O/c1-11(19-10-16-9-18-19)8-17-14(20)7-4-12-2-5-13(15)6-3-12/h2-3,5-6,9-11H,4,7-8H2,1H3,(H,17,20). The Hall–Kier alpha value is -1.88. The number of nitrogens with one attached hydrogen (secondary N) is 1. The fourth-order valence-corrected chi connectivity index (χ4v) is 1.92. The second kappa shape index (κ2) is 7.05. The van der Waals surface area contributed by atoms with Crippen LogP contribution in [0.15, 0.2) is 36.9 Å². The lowest BCUT2D eigenvalue weighted by Gasteiger charge is -2.12. The van der Waals surface area contributed by atoms with Gasteiger partial charge in [-0.2, -0.15) is 5.10 Å². The van der Waals surface area contributed by atoms with Crippen LogP contribution in [0.2, 0.25) is 5.02 Å². The van der Waals surface area contributed by atoms with E-state index in [4.69, 9.17) is 11.6 Å². The van der Waals surface area contributed by atoms with Crippen molar-refractivity contribution in [2.24, 2.45) is 0 Å². The molecular formula is C14H17ClN4O. The Bertz CT molecular complexity index is 539. The lowest BCUT2D eigenvalue weighted by molar-refractivity contribution is -0.121. The summed E-state index contributed by atoms with van der Waals surface area (Å²) in [6.07, 6.45) is 4.30. The minimum Gasteiger partial charge on any atom is -0.354 e. The summed E-state index contributed by atoms with van der Waals surface area (Å²) >= 11 is 5.82. The third-order valence-corrected chi connectivity index (χ3v) is 3.29. The molecule has 0 aliphatic carbocycles. The van der Waals surface area contributed by atoms with Gasteiger partial charge in [0.2, 0.25) is 5.91 Å². The minimum atomic E-state index is 0.0342. The van der Waals surface area contributed by atoms with Crippen LogP contribution in [0.1, 0.15) is 24.9 Å². The molecule has 2 aromatic rings. The molecule has 0 saturated heterocycles. The summed E-state index contributed by atoms with van der Waals surface area (Å²) < 4.78 is 1.72. The number of benzene rings is 1. The van der Waals surface area contributed by atoms with Crippen molar-refractivity contribution in [1.29, 1.82) is 0 Å². The van der Waals surface area contributed by atoms with Gasteiger partial charge in [0, 0.05) is 18.0 Å². The average Bonchev–Trinajstić information content (AvgIpc) is 2.98. The summed E-state index contributed by atoms with van der Waals surface area (Å²) in [4.78, 5) is 15.7. The van der Waals surface area contributed by atoms with Crippen molar-refractivity contribution in [2.45, 2.75) is 25.8 Å². The maximum absolute atomic E-state index is 11.8. The fraction of sp³-hybridized carbons (Fsp3) is 0.357. The highest BCUT2D eigenvalue weighted by Gasteiger charge is 2.07. The van der Waals surface area contributed by atoms with Gasteiger partial charge in [0.25, 0.3) is 0 Å². The van der Waals surface area contributed by atoms with Gasteiger partial charge in [-0.25, -0.2) is 9.67 Å². The van der Waals surface area contributed by atoms with Gasteiger partial charge in [-0.1, -0.05) is 23.7 Å². The third-order valence-electron chi connectivity index (χ3n) is 3.04. The number of halogens is 1. The van der Waals surface area contributed by atoms with Crippen LogP contribution >= 0.6 is 11.6 Å². The molecule has 5 nitrogen and oxygen atoms in total. The van der Waals surface area contributed by atoms with Gasteiger partial charge < -0.3 is 5.32 Å². The molecule has 0 radical (unpaired) electrons. The van der Waals surface area contributed by atoms with Crippen molar-refractivity contribution in [1.82, 2.24) is 20.1 Å². The summed E-state index contributed by atoms with van der Waals surface area (Å²) in [5.74, 6) is 0.0342. The molecule has 1 aromatic carbocycles. The van der Waals surface area contributed by atoms with E-state index in [9.17, 15) is 4.79 Å². The highest BCUT2D eigenvalue weighted by atomic mass is 35.5. The second-order valence-electron chi connectivity index (χ2n) is 4.66. The molecule has 1 atom stereocenters. The Morgan fingerprint density at radius 3 is 2.80 bits per heavy atom. The number of rotatable bonds is 6. The zero-order chi connectivity index (χ0) is 14.4. The van der Waals surface area contributed by atoms with Crippen LogP contribution in [0.5, 0.6) is 0 Å². The molecule has 0 spiro atoms. The summed E-state index contributed by atoms with van der Waals surface area (Å²) in [5, 5.41) is 7.64. The first-order valence-electron chi connectivity index (χ1n) is 6.50. The number of aromatic nitrogens is 3. The maximum Gasteiger partial charge on any atom is 0.220 e. The van der Waals surface area contributed by atoms with E-state index in [1.807, 2.05) is 31.2 Å². The molecule has 0 aliphatic heterocycles. The molecule has 6 heteroatoms. The van der Waals surface area contributed by atoms with Crippen LogP contribution in [0.25, 0.3) is 0 Å². The molecule has 1 heterocycles. The first kappa shape index (κ1) is 14.5. The molecule has 106 valence electrons. The number of hydrogen-bond donors (Lipinski definition) is 1. The molecule has 1 N–H and O–H groups in total. The summed E-state index contributed by atoms with van der Waals surface area (Å²) in [6, 6.07) is 7.64. The molecule has 2 rings (SSSR count). The highest BCUT2D eigenvalue weighted by Crippen LogP contribution is 2.11. The number of aryl methyl sites for hydroxylation is 1. The number of carbonyl (C=O) groups excluding carboxylic acids is 1. The number of amides is 1. The van der Waals surface area contributed by atoms with Gasteiger partial charge in [0.05, 0.1) is 6.04 Å². The zero-order valence-electron chi connectivity index (χ0n) is 11.3. The predicted octanol–water partition coefficient (Wildman–Crippen LogP) is 2.24. The lowest BCUT2D eigenvalue weighted by Crippen LogP contribution is -2.29. The van der Waals surface area contributed by atoms with Crippen LogP contribution in [-0.4, -0.2) is 27.2 Å². The topological polar surface area (TPSA) is 59.8 Å². The normalized spacial score (nSPS) is 12.1. The molecule has 1 amide bonds. The Morgan fingerprint density at radius 2 is 2.15 bits per heavy atom. The van der Waals surface area contributed by atoms with Crippen molar-refractivity contribution in [3.63, 3.8) is 0 Å². The molecule has 0 bridgehead atoms. The van der Waals surface area contributed by atoms with E-state index < -0.39 is 0 Å². The SMILES string of the molecule is CC(CNC(=O)CCc1ccc(Cl)cc1)n1cncn1. The molecule has 0 fully saturated rings. The summed E-state index contributed by atoms with van der Waals surface area (Å²) in [7, 11) is 0. The largest absolute Gasteiger partial charge is 0.354 e. The Balaban J connectivity index is 1.71. The first-order valence-corrected chi connectivity index (χ1v) is 6.88. The van der Waals surface area contributed by atoms with E-state index >= 15 is 0 Å². The molecule has 20 heavy (non-hydrogen) atoms. The van der Waals surface area contributed by atoms with Crippen LogP contribution < -0.4 is 5.32 Å². The average molecular weight is 293 g/mol. The van der Waals surface area contributed by atoms with E-state index in [0.717, 1.165) is 5.56 Å². The quantitative estimate of drug-likeness (QED) is 0.888. The molecule has 0 aliphatic rings. The van der Waals surface area contributed by atoms with Crippen molar-refractivity contribution in [3.8, 4) is 0 Å². The number of carbonyl (C=O) groups is 1. The number of hydrogen-bond acceptors (Lipinski definition) is 3. The van der Waals surface area contributed by atoms with E-state index in [0.29, 0.717) is 24.4 Å². The Kier molecular flexibility index (Phi) is 5.12. The van der Waals surface area contributed by atoms with Crippen LogP contribution in [0, 0.1) is 0 Å². The van der Waals surface area contributed by atoms with Crippen molar-refractivity contribution >= 4 is 17.5 Å². The Labute approximate surface area is 123 Å². The third kappa shape index (κ3) is 4.35. The van der Waals surface area contributed by atoms with E-state index in [1.165, 1.54) is 6.33 Å². The summed E-state index contributed by atoms with van der Waals surface area (Å²) in [5.41, 5.74) is 1.11. The molecule has 1 unspecified atom stereocenters. The molecule has 1 aromatic heterocycles. The van der Waals surface area contributed by atoms with E-state index in [2.05, 4.69) is 15.4 Å². The molecule has 0 saturated carbocycles. The smallest absolute Gasteiger partial charge is 0.220 e. The van der Waals surface area contributed by atoms with E-state index in [-0.39, 0.29) is 11.9 Å². The first-order chi connectivity index (χ1) is 9.65. The second-order valence-corrected chi connectivity index (χ2v) is 5.09. The van der Waals surface area contributed by atoms with Gasteiger partial charge in [-0.3, -0.25) is 4.79 Å². The van der Waals surface area contributed by atoms with Gasteiger partial charge >= 0.3 is 0 Å². The van der Waals surface area contributed by atoms with Gasteiger partial charge in [-0.15, -0.1) is 0 Å². The maximum atomic E-state index is 11.8. The van der Waals surface area contributed by atoms with Crippen LogP contribution in [0.3, 0.4) is 0 Å². The van der Waals surface area contributed by atoms with E-state index in [1.54, 1.807) is 11.0 Å². The van der Waals surface area contributed by atoms with Crippen LogP contribution in [-0.2, 0) is 11.2 Å². The van der Waals surface area contributed by atoms with Crippen LogP contribution in [0.4, 0.5) is 0 Å². The van der Waals surface area contributed by atoms with Gasteiger partial charge in [0.15, 0.2) is 0 Å². The molecular weight excluding hydrogens is 276 g/mol. The van der Waals surface area contributed by atoms with Gasteiger partial charge in [0.1, 0.15) is 12.7 Å². The zero-order valence-corrected chi connectivity index (χ0v) is 12.0.